The zero-order chi connectivity index (χ0) is 20.4. The Labute approximate surface area is 153 Å². The van der Waals surface area contributed by atoms with Crippen molar-refractivity contribution in [2.24, 2.45) is 0 Å². The van der Waals surface area contributed by atoms with Gasteiger partial charge in [-0.3, -0.25) is 20.2 Å². The molecule has 0 aliphatic heterocycles. The summed E-state index contributed by atoms with van der Waals surface area (Å²) in [6.07, 6.45) is -0.0785. The number of aromatic carboxylic acids is 1. The number of nitrogens with zero attached hydrogens (tertiary/aromatic N) is 2. The molecule has 0 radical (unpaired) electrons. The second-order valence-electron chi connectivity index (χ2n) is 5.35. The van der Waals surface area contributed by atoms with Crippen molar-refractivity contribution in [3.05, 3.63) is 79.9 Å². The van der Waals surface area contributed by atoms with Gasteiger partial charge in [-0.1, -0.05) is 30.3 Å². The average Bonchev–Trinajstić information content (AvgIpc) is 2.66. The Morgan fingerprint density at radius 1 is 1.07 bits per heavy atom. The Balaban J connectivity index is 0.000000277. The summed E-state index contributed by atoms with van der Waals surface area (Å²) in [5.74, 6) is -1.46. The van der Waals surface area contributed by atoms with Crippen LogP contribution in [0.1, 0.15) is 22.8 Å². The molecule has 0 amide bonds. The number of nitro groups is 2. The van der Waals surface area contributed by atoms with Gasteiger partial charge < -0.3 is 14.9 Å². The first-order valence-corrected chi connectivity index (χ1v) is 7.68. The first-order valence-electron chi connectivity index (χ1n) is 7.68. The van der Waals surface area contributed by atoms with E-state index in [4.69, 9.17) is 14.9 Å². The van der Waals surface area contributed by atoms with Crippen LogP contribution >= 0.6 is 0 Å². The summed E-state index contributed by atoms with van der Waals surface area (Å²) in [6.45, 7) is 2.50. The molecule has 10 nitrogen and oxygen atoms in total. The molecule has 2 rings (SSSR count). The van der Waals surface area contributed by atoms with Crippen LogP contribution in [0, 0.1) is 20.2 Å². The maximum absolute atomic E-state index is 10.5. The van der Waals surface area contributed by atoms with Crippen LogP contribution in [0.2, 0.25) is 0 Å². The van der Waals surface area contributed by atoms with Crippen molar-refractivity contribution < 1.29 is 29.6 Å². The summed E-state index contributed by atoms with van der Waals surface area (Å²) in [7, 11) is 0. The molecule has 0 saturated heterocycles. The number of carboxylic acid groups (broad SMARTS) is 1. The van der Waals surface area contributed by atoms with Gasteiger partial charge in [0.05, 0.1) is 40.8 Å². The molecule has 0 aromatic heterocycles. The van der Waals surface area contributed by atoms with Gasteiger partial charge in [-0.25, -0.2) is 4.79 Å². The van der Waals surface area contributed by atoms with Gasteiger partial charge in [0.1, 0.15) is 0 Å². The molecule has 2 aromatic rings. The molecule has 0 heterocycles. The fourth-order valence-corrected chi connectivity index (χ4v) is 1.79. The van der Waals surface area contributed by atoms with E-state index in [0.29, 0.717) is 12.7 Å². The Morgan fingerprint density at radius 3 is 2.00 bits per heavy atom. The van der Waals surface area contributed by atoms with Crippen LogP contribution in [0.15, 0.2) is 48.5 Å². The monoisotopic (exact) mass is 378 g/mol. The summed E-state index contributed by atoms with van der Waals surface area (Å²) in [6, 6.07) is 12.1. The zero-order valence-corrected chi connectivity index (χ0v) is 14.3. The van der Waals surface area contributed by atoms with Crippen molar-refractivity contribution in [2.75, 3.05) is 6.61 Å². The number of hydrogen-bond acceptors (Lipinski definition) is 7. The number of aliphatic hydroxyl groups excluding tert-OH is 1. The van der Waals surface area contributed by atoms with E-state index in [1.807, 2.05) is 37.3 Å². The second kappa shape index (κ2) is 10.6. The number of benzene rings is 2. The zero-order valence-electron chi connectivity index (χ0n) is 14.3. The number of ether oxygens (including phenoxy) is 1. The topological polar surface area (TPSA) is 153 Å². The van der Waals surface area contributed by atoms with Crippen molar-refractivity contribution in [3.63, 3.8) is 0 Å². The fourth-order valence-electron chi connectivity index (χ4n) is 1.79. The van der Waals surface area contributed by atoms with Gasteiger partial charge in [-0.05, 0) is 12.5 Å². The van der Waals surface area contributed by atoms with E-state index in [1.54, 1.807) is 0 Å². The van der Waals surface area contributed by atoms with Gasteiger partial charge in [0.2, 0.25) is 0 Å². The fraction of sp³-hybridized carbons (Fsp3) is 0.235. The summed E-state index contributed by atoms with van der Waals surface area (Å²) in [4.78, 5) is 29.4. The summed E-state index contributed by atoms with van der Waals surface area (Å²) in [5.41, 5.74) is -0.600. The number of carbonyl (C=O) groups is 1. The maximum atomic E-state index is 10.5. The first kappa shape index (κ1) is 21.7. The summed E-state index contributed by atoms with van der Waals surface area (Å²) < 4.78 is 5.33. The van der Waals surface area contributed by atoms with Gasteiger partial charge >= 0.3 is 5.97 Å². The van der Waals surface area contributed by atoms with E-state index in [1.165, 1.54) is 0 Å². The average molecular weight is 378 g/mol. The third-order valence-electron chi connectivity index (χ3n) is 3.21. The van der Waals surface area contributed by atoms with Crippen LogP contribution in [0.4, 0.5) is 11.4 Å². The Kier molecular flexibility index (Phi) is 8.49. The Hall–Kier alpha value is -3.37. The number of carboxylic acids is 1. The highest BCUT2D eigenvalue weighted by atomic mass is 16.6. The molecule has 27 heavy (non-hydrogen) atoms. The van der Waals surface area contributed by atoms with E-state index in [2.05, 4.69) is 0 Å². The van der Waals surface area contributed by atoms with Crippen LogP contribution in [-0.4, -0.2) is 38.7 Å². The number of non-ortho nitro benzene ring substituents is 2. The maximum Gasteiger partial charge on any atom is 0.336 e. The predicted molar refractivity (Wildman–Crippen MR) is 94.5 cm³/mol. The minimum atomic E-state index is -1.46. The van der Waals surface area contributed by atoms with Crippen molar-refractivity contribution in [1.82, 2.24) is 0 Å². The second-order valence-corrected chi connectivity index (χ2v) is 5.35. The molecule has 2 N–H and O–H groups in total. The van der Waals surface area contributed by atoms with E-state index >= 15 is 0 Å². The van der Waals surface area contributed by atoms with Crippen LogP contribution in [0.25, 0.3) is 0 Å². The number of hydrogen-bond donors (Lipinski definition) is 2. The van der Waals surface area contributed by atoms with Crippen LogP contribution in [0.3, 0.4) is 0 Å². The first-order chi connectivity index (χ1) is 12.7. The minimum absolute atomic E-state index is 0.0762. The van der Waals surface area contributed by atoms with E-state index < -0.39 is 32.8 Å². The number of nitro benzene ring substituents is 2. The van der Waals surface area contributed by atoms with Gasteiger partial charge in [-0.2, -0.15) is 0 Å². The van der Waals surface area contributed by atoms with Crippen LogP contribution in [0.5, 0.6) is 0 Å². The van der Waals surface area contributed by atoms with Crippen molar-refractivity contribution in [2.45, 2.75) is 19.6 Å². The Morgan fingerprint density at radius 2 is 1.59 bits per heavy atom. The Bertz CT molecular complexity index is 716. The third kappa shape index (κ3) is 7.59. The van der Waals surface area contributed by atoms with Gasteiger partial charge in [0.15, 0.2) is 0 Å². The highest BCUT2D eigenvalue weighted by Crippen LogP contribution is 2.22. The molecule has 0 unspecified atom stereocenters. The van der Waals surface area contributed by atoms with Crippen LogP contribution in [-0.2, 0) is 11.3 Å². The molecule has 0 spiro atoms. The molecule has 10 heteroatoms. The third-order valence-corrected chi connectivity index (χ3v) is 3.21. The largest absolute Gasteiger partial charge is 0.478 e. The quantitative estimate of drug-likeness (QED) is 0.551. The van der Waals surface area contributed by atoms with Gasteiger partial charge in [-0.15, -0.1) is 0 Å². The highest BCUT2D eigenvalue weighted by molar-refractivity contribution is 5.89. The number of rotatable bonds is 7. The predicted octanol–water partition coefficient (Wildman–Crippen LogP) is 2.79. The normalized spacial score (nSPS) is 11.0. The lowest BCUT2D eigenvalue weighted by atomic mass is 10.2. The summed E-state index contributed by atoms with van der Waals surface area (Å²) in [5, 5.41) is 37.9. The molecule has 2 aromatic carbocycles. The van der Waals surface area contributed by atoms with E-state index in [9.17, 15) is 25.0 Å². The highest BCUT2D eigenvalue weighted by Gasteiger charge is 2.19. The van der Waals surface area contributed by atoms with Crippen LogP contribution < -0.4 is 0 Å². The molecular weight excluding hydrogens is 360 g/mol. The molecule has 144 valence electrons. The molecule has 0 bridgehead atoms. The SMILES string of the molecule is C[C@@H](CO)OCc1ccccc1.O=C(O)c1cc([N+](=O)[O-])cc([N+](=O)[O-])c1. The molecule has 0 aliphatic rings. The standard InChI is InChI=1S/C10H14O2.C7H4N2O6/c1-9(7-11)12-8-10-5-3-2-4-6-10;10-7(11)4-1-5(8(12)13)3-6(2-4)9(14)15/h2-6,9,11H,7-8H2,1H3;1-3H,(H,10,11)/t9-;/m0./s1. The smallest absolute Gasteiger partial charge is 0.336 e. The molecule has 1 atom stereocenters. The van der Waals surface area contributed by atoms with Crippen molar-refractivity contribution >= 4 is 17.3 Å². The lowest BCUT2D eigenvalue weighted by Crippen LogP contribution is -2.12. The van der Waals surface area contributed by atoms with E-state index in [0.717, 1.165) is 17.7 Å². The molecular formula is C17H18N2O8. The van der Waals surface area contributed by atoms with Gasteiger partial charge in [0, 0.05) is 12.1 Å². The lowest BCUT2D eigenvalue weighted by molar-refractivity contribution is -0.394. The summed E-state index contributed by atoms with van der Waals surface area (Å²) >= 11 is 0. The van der Waals surface area contributed by atoms with Crippen molar-refractivity contribution in [1.29, 1.82) is 0 Å². The number of aliphatic hydroxyl groups is 1. The molecule has 0 fully saturated rings. The molecule has 0 saturated carbocycles. The molecule has 0 aliphatic carbocycles. The lowest BCUT2D eigenvalue weighted by Gasteiger charge is -2.09. The van der Waals surface area contributed by atoms with E-state index in [-0.39, 0.29) is 12.7 Å². The minimum Gasteiger partial charge on any atom is -0.478 e. The van der Waals surface area contributed by atoms with Crippen molar-refractivity contribution in [3.8, 4) is 0 Å². The van der Waals surface area contributed by atoms with Gasteiger partial charge in [0.25, 0.3) is 11.4 Å².